The van der Waals surface area contributed by atoms with Gasteiger partial charge < -0.3 is 0 Å². The molecule has 0 unspecified atom stereocenters. The van der Waals surface area contributed by atoms with Gasteiger partial charge in [-0.2, -0.15) is 0 Å². The lowest BCUT2D eigenvalue weighted by molar-refractivity contribution is 1.67. The molecular formula is C20H20S. The normalized spacial score (nSPS) is 12.6. The standard InChI is InChI=1S/C20H20S/c1-5-9-11-15(7-3)16-12-13-20-18(14-16)17(10-6-2)19(8-4)21-20/h5-14H,3-4H2,1-2H3/b9-5-,10-6-,15-11+. The van der Waals surface area contributed by atoms with Gasteiger partial charge in [0.25, 0.3) is 0 Å². The number of thiophene rings is 1. The highest BCUT2D eigenvalue weighted by atomic mass is 32.1. The van der Waals surface area contributed by atoms with E-state index in [1.807, 2.05) is 38.2 Å². The molecule has 0 saturated carbocycles. The lowest BCUT2D eigenvalue weighted by atomic mass is 10.0. The fourth-order valence-corrected chi connectivity index (χ4v) is 3.31. The number of fused-ring (bicyclic) bond motifs is 1. The molecule has 0 aliphatic carbocycles. The van der Waals surface area contributed by atoms with Crippen LogP contribution in [0, 0.1) is 0 Å². The van der Waals surface area contributed by atoms with Crippen LogP contribution in [0.4, 0.5) is 0 Å². The fraction of sp³-hybridized carbons (Fsp3) is 0.100. The molecule has 0 nitrogen and oxygen atoms in total. The first-order valence-electron chi connectivity index (χ1n) is 7.02. The summed E-state index contributed by atoms with van der Waals surface area (Å²) in [5.41, 5.74) is 3.58. The van der Waals surface area contributed by atoms with Gasteiger partial charge >= 0.3 is 0 Å². The molecule has 1 heteroatoms. The topological polar surface area (TPSA) is 0 Å². The highest BCUT2D eigenvalue weighted by Gasteiger charge is 2.09. The monoisotopic (exact) mass is 292 g/mol. The van der Waals surface area contributed by atoms with Crippen molar-refractivity contribution in [2.75, 3.05) is 0 Å². The second kappa shape index (κ2) is 7.05. The van der Waals surface area contributed by atoms with Crippen molar-refractivity contribution in [2.45, 2.75) is 13.8 Å². The highest BCUT2D eigenvalue weighted by Crippen LogP contribution is 2.35. The molecule has 21 heavy (non-hydrogen) atoms. The Bertz CT molecular complexity index is 751. The third-order valence-electron chi connectivity index (χ3n) is 3.30. The summed E-state index contributed by atoms with van der Waals surface area (Å²) in [5.74, 6) is 0. The van der Waals surface area contributed by atoms with Gasteiger partial charge in [-0.05, 0) is 42.7 Å². The van der Waals surface area contributed by atoms with E-state index in [2.05, 4.69) is 49.6 Å². The molecular weight excluding hydrogens is 272 g/mol. The van der Waals surface area contributed by atoms with Crippen molar-refractivity contribution in [3.8, 4) is 0 Å². The molecule has 0 saturated heterocycles. The second-order valence-corrected chi connectivity index (χ2v) is 5.73. The molecule has 0 fully saturated rings. The van der Waals surface area contributed by atoms with Gasteiger partial charge in [-0.1, -0.05) is 61.8 Å². The molecule has 1 heterocycles. The van der Waals surface area contributed by atoms with E-state index in [-0.39, 0.29) is 0 Å². The smallest absolute Gasteiger partial charge is 0.0355 e. The van der Waals surface area contributed by atoms with Crippen LogP contribution >= 0.6 is 11.3 Å². The van der Waals surface area contributed by atoms with Gasteiger partial charge in [0.1, 0.15) is 0 Å². The van der Waals surface area contributed by atoms with E-state index in [4.69, 9.17) is 0 Å². The first kappa shape index (κ1) is 15.3. The van der Waals surface area contributed by atoms with Crippen LogP contribution in [0.15, 0.2) is 61.7 Å². The van der Waals surface area contributed by atoms with Gasteiger partial charge in [-0.25, -0.2) is 0 Å². The zero-order valence-corrected chi connectivity index (χ0v) is 13.4. The van der Waals surface area contributed by atoms with Crippen molar-refractivity contribution in [1.29, 1.82) is 0 Å². The van der Waals surface area contributed by atoms with Crippen LogP contribution in [0.25, 0.3) is 27.8 Å². The predicted molar refractivity (Wildman–Crippen MR) is 99.6 cm³/mol. The lowest BCUT2D eigenvalue weighted by Gasteiger charge is -2.03. The molecule has 0 spiro atoms. The lowest BCUT2D eigenvalue weighted by Crippen LogP contribution is -1.81. The minimum atomic E-state index is 1.13. The van der Waals surface area contributed by atoms with Crippen molar-refractivity contribution in [2.24, 2.45) is 0 Å². The Hall–Kier alpha value is -2.12. The zero-order valence-electron chi connectivity index (χ0n) is 12.6. The van der Waals surface area contributed by atoms with E-state index >= 15 is 0 Å². The minimum Gasteiger partial charge on any atom is -0.135 e. The summed E-state index contributed by atoms with van der Waals surface area (Å²) in [6.07, 6.45) is 14.2. The Morgan fingerprint density at radius 2 is 1.95 bits per heavy atom. The molecule has 2 rings (SSSR count). The van der Waals surface area contributed by atoms with Crippen LogP contribution in [0.1, 0.15) is 29.9 Å². The predicted octanol–water partition coefficient (Wildman–Crippen LogP) is 6.72. The summed E-state index contributed by atoms with van der Waals surface area (Å²) in [7, 11) is 0. The van der Waals surface area contributed by atoms with Gasteiger partial charge in [-0.3, -0.25) is 0 Å². The third-order valence-corrected chi connectivity index (χ3v) is 4.48. The number of hydrogen-bond donors (Lipinski definition) is 0. The van der Waals surface area contributed by atoms with Gasteiger partial charge in [0.15, 0.2) is 0 Å². The summed E-state index contributed by atoms with van der Waals surface area (Å²) in [4.78, 5) is 1.22. The maximum atomic E-state index is 3.92. The molecule has 1 aromatic carbocycles. The largest absolute Gasteiger partial charge is 0.135 e. The van der Waals surface area contributed by atoms with Gasteiger partial charge in [-0.15, -0.1) is 11.3 Å². The van der Waals surface area contributed by atoms with Crippen LogP contribution in [-0.2, 0) is 0 Å². The quantitative estimate of drug-likeness (QED) is 0.536. The Kier molecular flexibility index (Phi) is 5.13. The minimum absolute atomic E-state index is 1.13. The van der Waals surface area contributed by atoms with E-state index in [0.29, 0.717) is 0 Å². The Balaban J connectivity index is 2.67. The van der Waals surface area contributed by atoms with E-state index in [1.54, 1.807) is 11.3 Å². The average Bonchev–Trinajstić information content (AvgIpc) is 2.86. The highest BCUT2D eigenvalue weighted by molar-refractivity contribution is 7.20. The molecule has 1 aromatic heterocycles. The van der Waals surface area contributed by atoms with Crippen LogP contribution < -0.4 is 0 Å². The van der Waals surface area contributed by atoms with Crippen molar-refractivity contribution in [1.82, 2.24) is 0 Å². The summed E-state index contributed by atoms with van der Waals surface area (Å²) in [6, 6.07) is 6.58. The molecule has 0 aliphatic heterocycles. The fourth-order valence-electron chi connectivity index (χ4n) is 2.29. The van der Waals surface area contributed by atoms with Crippen LogP contribution in [-0.4, -0.2) is 0 Å². The van der Waals surface area contributed by atoms with Crippen molar-refractivity contribution >= 4 is 39.1 Å². The Labute approximate surface area is 131 Å². The Morgan fingerprint density at radius 1 is 1.14 bits per heavy atom. The van der Waals surface area contributed by atoms with Gasteiger partial charge in [0, 0.05) is 15.0 Å². The van der Waals surface area contributed by atoms with Crippen LogP contribution in [0.2, 0.25) is 0 Å². The summed E-state index contributed by atoms with van der Waals surface area (Å²) < 4.78 is 1.29. The second-order valence-electron chi connectivity index (χ2n) is 4.65. The number of benzene rings is 1. The maximum Gasteiger partial charge on any atom is 0.0355 e. The van der Waals surface area contributed by atoms with E-state index in [1.165, 1.54) is 26.1 Å². The first-order valence-corrected chi connectivity index (χ1v) is 7.84. The van der Waals surface area contributed by atoms with Crippen molar-refractivity contribution < 1.29 is 0 Å². The van der Waals surface area contributed by atoms with Gasteiger partial charge in [0.2, 0.25) is 0 Å². The number of hydrogen-bond acceptors (Lipinski definition) is 1. The molecule has 0 radical (unpaired) electrons. The number of allylic oxidation sites excluding steroid dienone is 6. The van der Waals surface area contributed by atoms with E-state index in [0.717, 1.165) is 5.57 Å². The van der Waals surface area contributed by atoms with Crippen molar-refractivity contribution in [3.05, 3.63) is 77.7 Å². The summed E-state index contributed by atoms with van der Waals surface area (Å²) in [5, 5.41) is 1.28. The molecule has 0 aliphatic rings. The summed E-state index contributed by atoms with van der Waals surface area (Å²) >= 11 is 1.78. The van der Waals surface area contributed by atoms with Crippen LogP contribution in [0.3, 0.4) is 0 Å². The van der Waals surface area contributed by atoms with Gasteiger partial charge in [0.05, 0.1) is 0 Å². The summed E-state index contributed by atoms with van der Waals surface area (Å²) in [6.45, 7) is 11.9. The maximum absolute atomic E-state index is 3.92. The van der Waals surface area contributed by atoms with Crippen LogP contribution in [0.5, 0.6) is 0 Å². The zero-order chi connectivity index (χ0) is 15.2. The molecule has 0 amide bonds. The van der Waals surface area contributed by atoms with E-state index < -0.39 is 0 Å². The molecule has 2 aromatic rings. The van der Waals surface area contributed by atoms with E-state index in [9.17, 15) is 0 Å². The molecule has 0 N–H and O–H groups in total. The third kappa shape index (κ3) is 3.14. The van der Waals surface area contributed by atoms with Crippen molar-refractivity contribution in [3.63, 3.8) is 0 Å². The Morgan fingerprint density at radius 3 is 2.57 bits per heavy atom. The SMILES string of the molecule is C=C/C(=C\C=C/C)c1ccc2sc(C=C)c(/C=C\C)c2c1. The number of rotatable bonds is 5. The average molecular weight is 292 g/mol. The molecule has 0 atom stereocenters. The first-order chi connectivity index (χ1) is 10.2. The molecule has 0 bridgehead atoms. The molecule has 106 valence electrons.